The molecule has 0 saturated heterocycles. The monoisotopic (exact) mass is 147 g/mol. The van der Waals surface area contributed by atoms with Crippen LogP contribution in [0.15, 0.2) is 18.0 Å². The van der Waals surface area contributed by atoms with Crippen molar-refractivity contribution in [1.82, 2.24) is 4.72 Å². The van der Waals surface area contributed by atoms with Crippen LogP contribution >= 0.6 is 0 Å². The van der Waals surface area contributed by atoms with Crippen LogP contribution in [0.1, 0.15) is 6.92 Å². The summed E-state index contributed by atoms with van der Waals surface area (Å²) in [6, 6.07) is 0. The molecule has 0 aromatic carbocycles. The molecule has 0 aromatic heterocycles. The van der Waals surface area contributed by atoms with Gasteiger partial charge in [0.15, 0.2) is 0 Å². The fourth-order valence-corrected chi connectivity index (χ4v) is 1.13. The van der Waals surface area contributed by atoms with E-state index in [0.717, 1.165) is 5.70 Å². The number of nitrogens with one attached hydrogen (secondary N) is 1. The maximum Gasteiger partial charge on any atom is 0.0601 e. The van der Waals surface area contributed by atoms with Crippen molar-refractivity contribution in [3.63, 3.8) is 0 Å². The highest BCUT2D eigenvalue weighted by Gasteiger charge is 1.80. The molecule has 0 radical (unpaired) electrons. The van der Waals surface area contributed by atoms with Gasteiger partial charge in [-0.05, 0) is 27.8 Å². The molecule has 0 aliphatic carbocycles. The zero-order valence-electron chi connectivity index (χ0n) is 5.02. The van der Waals surface area contributed by atoms with Crippen molar-refractivity contribution in [3.8, 4) is 0 Å². The molecule has 1 nitrogen and oxygen atoms in total. The van der Waals surface area contributed by atoms with Gasteiger partial charge in [-0.15, -0.1) is 5.73 Å². The van der Waals surface area contributed by atoms with Crippen molar-refractivity contribution in [2.45, 2.75) is 6.92 Å². The fourth-order valence-electron chi connectivity index (χ4n) is 0.252. The van der Waals surface area contributed by atoms with Crippen LogP contribution in [-0.4, -0.2) is 6.26 Å². The first-order valence-corrected chi connectivity index (χ1v) is 4.69. The van der Waals surface area contributed by atoms with Gasteiger partial charge in [0.1, 0.15) is 0 Å². The molecule has 0 amide bonds. The van der Waals surface area contributed by atoms with E-state index in [1.54, 1.807) is 0 Å². The Labute approximate surface area is 57.2 Å². The lowest BCUT2D eigenvalue weighted by Gasteiger charge is -1.98. The summed E-state index contributed by atoms with van der Waals surface area (Å²) in [5, 5.41) is 0. The summed E-state index contributed by atoms with van der Waals surface area (Å²) >= 11 is 4.85. The molecule has 0 rings (SSSR count). The number of hydrogen-bond donors (Lipinski definition) is 1. The Hall–Kier alpha value is -0.110. The Morgan fingerprint density at radius 1 is 1.88 bits per heavy atom. The van der Waals surface area contributed by atoms with Gasteiger partial charge in [-0.2, -0.15) is 0 Å². The van der Waals surface area contributed by atoms with Gasteiger partial charge in [0, 0.05) is 6.26 Å². The molecule has 1 N–H and O–H groups in total. The molecule has 0 saturated carbocycles. The summed E-state index contributed by atoms with van der Waals surface area (Å²) in [4.78, 5) is 0. The molecule has 0 aliphatic heterocycles. The molecule has 0 aromatic rings. The fraction of sp³-hybridized carbons (Fsp3) is 0.400. The van der Waals surface area contributed by atoms with Crippen molar-refractivity contribution in [1.29, 1.82) is 0 Å². The summed E-state index contributed by atoms with van der Waals surface area (Å²) in [7, 11) is -0.152. The predicted molar refractivity (Wildman–Crippen MR) is 42.1 cm³/mol. The molecule has 8 heavy (non-hydrogen) atoms. The van der Waals surface area contributed by atoms with Crippen LogP contribution < -0.4 is 4.72 Å². The molecule has 0 spiro atoms. The molecule has 3 heteroatoms. The molecule has 0 bridgehead atoms. The zero-order chi connectivity index (χ0) is 6.57. The largest absolute Gasteiger partial charge is 0.324 e. The third kappa shape index (κ3) is 4.06. The van der Waals surface area contributed by atoms with E-state index in [9.17, 15) is 0 Å². The van der Waals surface area contributed by atoms with E-state index >= 15 is 0 Å². The van der Waals surface area contributed by atoms with Crippen molar-refractivity contribution in [2.75, 3.05) is 6.26 Å². The second-order valence-corrected chi connectivity index (χ2v) is 3.97. The van der Waals surface area contributed by atoms with E-state index in [1.165, 1.54) is 0 Å². The maximum absolute atomic E-state index is 4.85. The normalized spacial score (nSPS) is 11.8. The third-order valence-electron chi connectivity index (χ3n) is 0.562. The summed E-state index contributed by atoms with van der Waals surface area (Å²) in [6.07, 6.45) is 1.93. The molecule has 0 fully saturated rings. The first-order chi connectivity index (χ1) is 3.66. The topological polar surface area (TPSA) is 12.0 Å². The molecule has 0 aliphatic rings. The Kier molecular flexibility index (Phi) is 3.79. The van der Waals surface area contributed by atoms with E-state index in [2.05, 4.69) is 17.0 Å². The van der Waals surface area contributed by atoms with E-state index < -0.39 is 0 Å². The van der Waals surface area contributed by atoms with Crippen molar-refractivity contribution < 1.29 is 0 Å². The standard InChI is InChI=1S/C5H9NS2/c1-4-5(2)6-8(3)7/h6H,1H2,2-3H3. The van der Waals surface area contributed by atoms with Crippen molar-refractivity contribution in [2.24, 2.45) is 0 Å². The summed E-state index contributed by atoms with van der Waals surface area (Å²) in [5.41, 5.74) is 3.61. The lowest BCUT2D eigenvalue weighted by Crippen LogP contribution is -2.10. The SMILES string of the molecule is C=C=C(C)NS(C)=S. The van der Waals surface area contributed by atoms with Gasteiger partial charge in [-0.1, -0.05) is 6.58 Å². The Bertz CT molecular complexity index is 145. The van der Waals surface area contributed by atoms with Crippen LogP contribution in [0, 0.1) is 0 Å². The molecule has 1 unspecified atom stereocenters. The Balaban J connectivity index is 3.74. The lowest BCUT2D eigenvalue weighted by molar-refractivity contribution is 1.21. The average molecular weight is 147 g/mol. The summed E-state index contributed by atoms with van der Waals surface area (Å²) in [5.74, 6) is 0. The Morgan fingerprint density at radius 2 is 2.38 bits per heavy atom. The average Bonchev–Trinajstić information content (AvgIpc) is 1.65. The lowest BCUT2D eigenvalue weighted by atomic mass is 10.6. The van der Waals surface area contributed by atoms with Crippen molar-refractivity contribution >= 4 is 20.8 Å². The summed E-state index contributed by atoms with van der Waals surface area (Å²) < 4.78 is 2.98. The van der Waals surface area contributed by atoms with Crippen molar-refractivity contribution in [3.05, 3.63) is 18.0 Å². The first kappa shape index (κ1) is 7.89. The minimum Gasteiger partial charge on any atom is -0.324 e. The number of allylic oxidation sites excluding steroid dienone is 1. The van der Waals surface area contributed by atoms with E-state index in [-0.39, 0.29) is 9.64 Å². The quantitative estimate of drug-likeness (QED) is 0.582. The van der Waals surface area contributed by atoms with Gasteiger partial charge in [0.05, 0.1) is 5.70 Å². The van der Waals surface area contributed by atoms with Gasteiger partial charge >= 0.3 is 0 Å². The highest BCUT2D eigenvalue weighted by atomic mass is 32.8. The van der Waals surface area contributed by atoms with Gasteiger partial charge in [0.2, 0.25) is 0 Å². The van der Waals surface area contributed by atoms with Crippen LogP contribution in [0.3, 0.4) is 0 Å². The highest BCUT2D eigenvalue weighted by molar-refractivity contribution is 8.27. The highest BCUT2D eigenvalue weighted by Crippen LogP contribution is 1.80. The Morgan fingerprint density at radius 3 is 2.50 bits per heavy atom. The van der Waals surface area contributed by atoms with Gasteiger partial charge in [0.25, 0.3) is 0 Å². The molecular weight excluding hydrogens is 138 g/mol. The van der Waals surface area contributed by atoms with Crippen LogP contribution in [-0.2, 0) is 20.8 Å². The van der Waals surface area contributed by atoms with Gasteiger partial charge in [-0.3, -0.25) is 0 Å². The molecule has 46 valence electrons. The number of rotatable bonds is 2. The zero-order valence-corrected chi connectivity index (χ0v) is 6.66. The summed E-state index contributed by atoms with van der Waals surface area (Å²) in [6.45, 7) is 5.34. The smallest absolute Gasteiger partial charge is 0.0601 e. The maximum atomic E-state index is 4.85. The minimum atomic E-state index is -0.152. The second-order valence-electron chi connectivity index (χ2n) is 1.36. The molecule has 0 heterocycles. The first-order valence-electron chi connectivity index (χ1n) is 2.13. The van der Waals surface area contributed by atoms with Gasteiger partial charge < -0.3 is 4.72 Å². The van der Waals surface area contributed by atoms with Crippen LogP contribution in [0.5, 0.6) is 0 Å². The number of hydrogen-bond acceptors (Lipinski definition) is 1. The van der Waals surface area contributed by atoms with E-state index in [4.69, 9.17) is 11.2 Å². The van der Waals surface area contributed by atoms with Crippen LogP contribution in [0.4, 0.5) is 0 Å². The van der Waals surface area contributed by atoms with E-state index in [0.29, 0.717) is 0 Å². The molecule has 1 atom stereocenters. The molecular formula is C5H9NS2. The second kappa shape index (κ2) is 3.84. The minimum absolute atomic E-state index is 0.152. The van der Waals surface area contributed by atoms with E-state index in [1.807, 2.05) is 13.2 Å². The third-order valence-corrected chi connectivity index (χ3v) is 1.41. The predicted octanol–water partition coefficient (Wildman–Crippen LogP) is 0.890. The van der Waals surface area contributed by atoms with Gasteiger partial charge in [-0.25, -0.2) is 0 Å². The van der Waals surface area contributed by atoms with Crippen LogP contribution in [0.25, 0.3) is 0 Å². The van der Waals surface area contributed by atoms with Crippen LogP contribution in [0.2, 0.25) is 0 Å².